The Kier molecular flexibility index (Phi) is 3.41. The van der Waals surface area contributed by atoms with E-state index in [1.165, 1.54) is 0 Å². The highest BCUT2D eigenvalue weighted by atomic mass is 15.3. The van der Waals surface area contributed by atoms with Gasteiger partial charge in [-0.2, -0.15) is 5.10 Å². The summed E-state index contributed by atoms with van der Waals surface area (Å²) in [5, 5.41) is 4.28. The van der Waals surface area contributed by atoms with Gasteiger partial charge in [0.25, 0.3) is 0 Å². The van der Waals surface area contributed by atoms with Crippen LogP contribution in [0.1, 0.15) is 24.2 Å². The molecular weight excluding hydrogens is 252 g/mol. The van der Waals surface area contributed by atoms with Gasteiger partial charge >= 0.3 is 0 Å². The lowest BCUT2D eigenvalue weighted by Gasteiger charge is -2.18. The highest BCUT2D eigenvalue weighted by molar-refractivity contribution is 5.74. The van der Waals surface area contributed by atoms with Crippen LogP contribution in [0, 0.1) is 0 Å². The third kappa shape index (κ3) is 2.15. The van der Waals surface area contributed by atoms with Gasteiger partial charge in [-0.1, -0.05) is 6.07 Å². The number of nitrogens with zero attached hydrogens (tertiary/aromatic N) is 4. The standard InChI is InChI=1S/C14H16N6/c1-2-20-13(5-6-18-20)14(19-15)10-3-4-11-12(9-10)17-8-7-16-11/h3-9,14,19H,2,15H2,1H3. The predicted molar refractivity (Wildman–Crippen MR) is 76.6 cm³/mol. The third-order valence-corrected chi connectivity index (χ3v) is 3.34. The first-order valence-electron chi connectivity index (χ1n) is 6.52. The first-order valence-corrected chi connectivity index (χ1v) is 6.52. The first kappa shape index (κ1) is 12.7. The maximum Gasteiger partial charge on any atom is 0.0890 e. The van der Waals surface area contributed by atoms with E-state index in [2.05, 4.69) is 27.4 Å². The molecule has 0 aliphatic heterocycles. The number of fused-ring (bicyclic) bond motifs is 1. The van der Waals surface area contributed by atoms with E-state index in [1.54, 1.807) is 18.6 Å². The number of nitrogens with two attached hydrogens (primary N) is 1. The van der Waals surface area contributed by atoms with Gasteiger partial charge in [-0.15, -0.1) is 0 Å². The molecule has 20 heavy (non-hydrogen) atoms. The van der Waals surface area contributed by atoms with Crippen molar-refractivity contribution in [3.05, 3.63) is 54.1 Å². The van der Waals surface area contributed by atoms with Crippen molar-refractivity contribution >= 4 is 11.0 Å². The maximum absolute atomic E-state index is 5.74. The normalized spacial score (nSPS) is 12.7. The van der Waals surface area contributed by atoms with E-state index < -0.39 is 0 Å². The van der Waals surface area contributed by atoms with Crippen molar-refractivity contribution in [3.63, 3.8) is 0 Å². The van der Waals surface area contributed by atoms with Crippen molar-refractivity contribution in [2.45, 2.75) is 19.5 Å². The Morgan fingerprint density at radius 1 is 1.15 bits per heavy atom. The summed E-state index contributed by atoms with van der Waals surface area (Å²) in [6.45, 7) is 2.85. The van der Waals surface area contributed by atoms with Crippen LogP contribution < -0.4 is 11.3 Å². The van der Waals surface area contributed by atoms with Gasteiger partial charge in [-0.3, -0.25) is 20.5 Å². The summed E-state index contributed by atoms with van der Waals surface area (Å²) in [7, 11) is 0. The van der Waals surface area contributed by atoms with Gasteiger partial charge < -0.3 is 0 Å². The molecule has 0 amide bonds. The molecule has 2 aromatic heterocycles. The van der Waals surface area contributed by atoms with Crippen LogP contribution in [-0.4, -0.2) is 19.7 Å². The fraction of sp³-hybridized carbons (Fsp3) is 0.214. The van der Waals surface area contributed by atoms with Gasteiger partial charge in [0.2, 0.25) is 0 Å². The molecular formula is C14H16N6. The summed E-state index contributed by atoms with van der Waals surface area (Å²) in [5.74, 6) is 5.74. The number of aromatic nitrogens is 4. The molecule has 0 aliphatic carbocycles. The maximum atomic E-state index is 5.74. The molecule has 0 fully saturated rings. The Hall–Kier alpha value is -2.31. The van der Waals surface area contributed by atoms with Gasteiger partial charge in [-0.25, -0.2) is 5.43 Å². The Balaban J connectivity index is 2.07. The lowest BCUT2D eigenvalue weighted by molar-refractivity contribution is 0.544. The summed E-state index contributed by atoms with van der Waals surface area (Å²) in [5.41, 5.74) is 6.64. The van der Waals surface area contributed by atoms with E-state index in [0.717, 1.165) is 28.8 Å². The number of hydrogen-bond acceptors (Lipinski definition) is 5. The molecule has 2 heterocycles. The SMILES string of the molecule is CCn1nccc1C(NN)c1ccc2nccnc2c1. The summed E-state index contributed by atoms with van der Waals surface area (Å²) in [6, 6.07) is 7.81. The molecule has 0 saturated carbocycles. The summed E-state index contributed by atoms with van der Waals surface area (Å²) in [6.07, 6.45) is 5.16. The molecule has 1 aromatic carbocycles. The van der Waals surface area contributed by atoms with E-state index >= 15 is 0 Å². The van der Waals surface area contributed by atoms with Crippen LogP contribution in [0.2, 0.25) is 0 Å². The van der Waals surface area contributed by atoms with Gasteiger partial charge in [-0.05, 0) is 30.7 Å². The zero-order valence-electron chi connectivity index (χ0n) is 11.2. The molecule has 1 unspecified atom stereocenters. The van der Waals surface area contributed by atoms with Crippen LogP contribution in [0.5, 0.6) is 0 Å². The molecule has 102 valence electrons. The molecule has 1 atom stereocenters. The minimum absolute atomic E-state index is 0.121. The molecule has 3 N–H and O–H groups in total. The molecule has 0 radical (unpaired) electrons. The van der Waals surface area contributed by atoms with Crippen LogP contribution in [0.4, 0.5) is 0 Å². The van der Waals surface area contributed by atoms with Crippen LogP contribution in [0.15, 0.2) is 42.9 Å². The smallest absolute Gasteiger partial charge is 0.0890 e. The molecule has 6 heteroatoms. The van der Waals surface area contributed by atoms with Crippen LogP contribution in [0.3, 0.4) is 0 Å². The van der Waals surface area contributed by atoms with Crippen molar-refractivity contribution < 1.29 is 0 Å². The molecule has 0 spiro atoms. The zero-order valence-corrected chi connectivity index (χ0v) is 11.2. The second-order valence-corrected chi connectivity index (χ2v) is 4.48. The number of rotatable bonds is 4. The Morgan fingerprint density at radius 2 is 1.95 bits per heavy atom. The third-order valence-electron chi connectivity index (χ3n) is 3.34. The van der Waals surface area contributed by atoms with Crippen molar-refractivity contribution in [2.24, 2.45) is 5.84 Å². The number of nitrogens with one attached hydrogen (secondary N) is 1. The second-order valence-electron chi connectivity index (χ2n) is 4.48. The lowest BCUT2D eigenvalue weighted by Crippen LogP contribution is -2.30. The average molecular weight is 268 g/mol. The highest BCUT2D eigenvalue weighted by Crippen LogP contribution is 2.23. The van der Waals surface area contributed by atoms with Crippen LogP contribution >= 0.6 is 0 Å². The Labute approximate surface area is 116 Å². The molecule has 0 aliphatic rings. The Bertz CT molecular complexity index is 720. The van der Waals surface area contributed by atoms with Crippen molar-refractivity contribution in [1.29, 1.82) is 0 Å². The van der Waals surface area contributed by atoms with Crippen LogP contribution in [-0.2, 0) is 6.54 Å². The average Bonchev–Trinajstić information content (AvgIpc) is 2.96. The van der Waals surface area contributed by atoms with Crippen LogP contribution in [0.25, 0.3) is 11.0 Å². The van der Waals surface area contributed by atoms with E-state index in [-0.39, 0.29) is 6.04 Å². The van der Waals surface area contributed by atoms with Gasteiger partial charge in [0.1, 0.15) is 0 Å². The monoisotopic (exact) mass is 268 g/mol. The fourth-order valence-electron chi connectivity index (χ4n) is 2.36. The van der Waals surface area contributed by atoms with Gasteiger partial charge in [0, 0.05) is 25.1 Å². The van der Waals surface area contributed by atoms with Crippen molar-refractivity contribution in [1.82, 2.24) is 25.2 Å². The Morgan fingerprint density at radius 3 is 2.70 bits per heavy atom. The molecule has 3 aromatic rings. The fourth-order valence-corrected chi connectivity index (χ4v) is 2.36. The molecule has 3 rings (SSSR count). The molecule has 6 nitrogen and oxygen atoms in total. The predicted octanol–water partition coefficient (Wildman–Crippen LogP) is 1.40. The van der Waals surface area contributed by atoms with E-state index in [4.69, 9.17) is 5.84 Å². The molecule has 0 bridgehead atoms. The van der Waals surface area contributed by atoms with Gasteiger partial charge in [0.05, 0.1) is 22.8 Å². The highest BCUT2D eigenvalue weighted by Gasteiger charge is 2.17. The quantitative estimate of drug-likeness (QED) is 0.552. The van der Waals surface area contributed by atoms with E-state index in [1.807, 2.05) is 28.9 Å². The van der Waals surface area contributed by atoms with E-state index in [0.29, 0.717) is 0 Å². The van der Waals surface area contributed by atoms with E-state index in [9.17, 15) is 0 Å². The summed E-state index contributed by atoms with van der Waals surface area (Å²) in [4.78, 5) is 8.60. The summed E-state index contributed by atoms with van der Waals surface area (Å²) < 4.78 is 1.92. The number of benzene rings is 1. The largest absolute Gasteiger partial charge is 0.271 e. The molecule has 0 saturated heterocycles. The minimum Gasteiger partial charge on any atom is -0.271 e. The lowest BCUT2D eigenvalue weighted by atomic mass is 10.0. The number of hydrogen-bond donors (Lipinski definition) is 2. The first-order chi connectivity index (χ1) is 9.83. The summed E-state index contributed by atoms with van der Waals surface area (Å²) >= 11 is 0. The van der Waals surface area contributed by atoms with Crippen molar-refractivity contribution in [2.75, 3.05) is 0 Å². The number of aryl methyl sites for hydroxylation is 1. The zero-order chi connectivity index (χ0) is 13.9. The number of hydrazine groups is 1. The van der Waals surface area contributed by atoms with Gasteiger partial charge in [0.15, 0.2) is 0 Å². The minimum atomic E-state index is -0.121. The second kappa shape index (κ2) is 5.36. The topological polar surface area (TPSA) is 81.7 Å². The van der Waals surface area contributed by atoms with Crippen molar-refractivity contribution in [3.8, 4) is 0 Å².